The van der Waals surface area contributed by atoms with Gasteiger partial charge in [-0.2, -0.15) is 13.2 Å². The van der Waals surface area contributed by atoms with Crippen LogP contribution in [0.15, 0.2) is 24.3 Å². The van der Waals surface area contributed by atoms with E-state index >= 15 is 0 Å². The van der Waals surface area contributed by atoms with E-state index < -0.39 is 17.6 Å². The molecule has 0 saturated carbocycles. The molecule has 3 nitrogen and oxygen atoms in total. The Morgan fingerprint density at radius 1 is 1.29 bits per heavy atom. The summed E-state index contributed by atoms with van der Waals surface area (Å²) in [5.74, 6) is -0.0650. The second kappa shape index (κ2) is 7.43. The van der Waals surface area contributed by atoms with Crippen LogP contribution in [-0.4, -0.2) is 5.91 Å². The van der Waals surface area contributed by atoms with E-state index in [-0.39, 0.29) is 11.1 Å². The molecule has 0 bridgehead atoms. The number of hydrogen-bond acceptors (Lipinski definition) is 3. The number of halogens is 3. The second-order valence-corrected chi connectivity index (χ2v) is 9.16. The molecule has 1 unspecified atom stereocenters. The molecule has 1 aromatic carbocycles. The molecule has 0 aliphatic heterocycles. The fourth-order valence-electron chi connectivity index (χ4n) is 3.84. The number of anilines is 2. The number of nitrogens with two attached hydrogens (primary N) is 1. The third-order valence-electron chi connectivity index (χ3n) is 6.02. The third kappa shape index (κ3) is 3.90. The summed E-state index contributed by atoms with van der Waals surface area (Å²) in [4.78, 5) is 13.9. The molecule has 2 aromatic rings. The van der Waals surface area contributed by atoms with Crippen molar-refractivity contribution < 1.29 is 18.0 Å². The van der Waals surface area contributed by atoms with Crippen LogP contribution in [0.25, 0.3) is 0 Å². The lowest BCUT2D eigenvalue weighted by atomic mass is 9.69. The van der Waals surface area contributed by atoms with Crippen LogP contribution in [0.3, 0.4) is 0 Å². The second-order valence-electron chi connectivity index (χ2n) is 8.02. The first-order chi connectivity index (χ1) is 13.0. The van der Waals surface area contributed by atoms with Crippen LogP contribution in [0.2, 0.25) is 0 Å². The predicted octanol–water partition coefficient (Wildman–Crippen LogP) is 6.14. The summed E-state index contributed by atoms with van der Waals surface area (Å²) >= 11 is 1.39. The SMILES string of the molecule is CCC(C)(C)C1CCc2c(sc(N)c2C(=O)Nc2ccccc2C(F)(F)F)C1. The van der Waals surface area contributed by atoms with Gasteiger partial charge in [0.15, 0.2) is 0 Å². The Kier molecular flexibility index (Phi) is 5.49. The molecule has 1 aliphatic rings. The first kappa shape index (κ1) is 20.7. The summed E-state index contributed by atoms with van der Waals surface area (Å²) in [6.07, 6.45) is -0.945. The molecule has 1 atom stereocenters. The van der Waals surface area contributed by atoms with E-state index in [4.69, 9.17) is 5.73 Å². The van der Waals surface area contributed by atoms with Gasteiger partial charge in [0, 0.05) is 4.88 Å². The van der Waals surface area contributed by atoms with Gasteiger partial charge in [-0.05, 0) is 48.3 Å². The van der Waals surface area contributed by atoms with Gasteiger partial charge in [0.05, 0.1) is 21.8 Å². The predicted molar refractivity (Wildman–Crippen MR) is 108 cm³/mol. The molecule has 1 aromatic heterocycles. The molecule has 152 valence electrons. The van der Waals surface area contributed by atoms with Gasteiger partial charge in [-0.15, -0.1) is 11.3 Å². The van der Waals surface area contributed by atoms with Gasteiger partial charge < -0.3 is 11.1 Å². The lowest BCUT2D eigenvalue weighted by Gasteiger charge is -2.36. The monoisotopic (exact) mass is 410 g/mol. The molecule has 0 radical (unpaired) electrons. The lowest BCUT2D eigenvalue weighted by molar-refractivity contribution is -0.136. The van der Waals surface area contributed by atoms with Gasteiger partial charge in [-0.1, -0.05) is 39.3 Å². The zero-order valence-corrected chi connectivity index (χ0v) is 17.1. The topological polar surface area (TPSA) is 55.1 Å². The first-order valence-corrected chi connectivity index (χ1v) is 10.2. The number of nitrogens with one attached hydrogen (secondary N) is 1. The highest BCUT2D eigenvalue weighted by molar-refractivity contribution is 7.16. The van der Waals surface area contributed by atoms with Gasteiger partial charge >= 0.3 is 6.18 Å². The molecule has 3 rings (SSSR count). The lowest BCUT2D eigenvalue weighted by Crippen LogP contribution is -2.29. The average molecular weight is 411 g/mol. The fourth-order valence-corrected chi connectivity index (χ4v) is 5.03. The van der Waals surface area contributed by atoms with Crippen LogP contribution < -0.4 is 11.1 Å². The van der Waals surface area contributed by atoms with Crippen molar-refractivity contribution in [1.82, 2.24) is 0 Å². The quantitative estimate of drug-likeness (QED) is 0.636. The minimum atomic E-state index is -4.54. The number of rotatable bonds is 4. The number of amides is 1. The highest BCUT2D eigenvalue weighted by atomic mass is 32.1. The fraction of sp³-hybridized carbons (Fsp3) is 0.476. The van der Waals surface area contributed by atoms with Crippen LogP contribution in [0.1, 0.15) is 60.0 Å². The van der Waals surface area contributed by atoms with E-state index in [2.05, 4.69) is 26.1 Å². The van der Waals surface area contributed by atoms with Gasteiger partial charge in [0.25, 0.3) is 5.91 Å². The summed E-state index contributed by atoms with van der Waals surface area (Å²) < 4.78 is 39.6. The third-order valence-corrected chi connectivity index (χ3v) is 7.10. The summed E-state index contributed by atoms with van der Waals surface area (Å²) in [6.45, 7) is 6.68. The Labute approximate surface area is 167 Å². The zero-order chi connectivity index (χ0) is 20.7. The standard InChI is InChI=1S/C21H25F3N2OS/c1-4-20(2,3)12-9-10-13-16(11-12)28-18(25)17(13)19(27)26-15-8-6-5-7-14(15)21(22,23)24/h5-8,12H,4,9-11,25H2,1-3H3,(H,26,27). The van der Waals surface area contributed by atoms with Gasteiger partial charge in [0.1, 0.15) is 0 Å². The molecular weight excluding hydrogens is 385 g/mol. The molecule has 0 spiro atoms. The van der Waals surface area contributed by atoms with Crippen molar-refractivity contribution in [3.63, 3.8) is 0 Å². The number of carbonyl (C=O) groups excluding carboxylic acids is 1. The Bertz CT molecular complexity index is 886. The molecule has 1 heterocycles. The van der Waals surface area contributed by atoms with E-state index in [1.807, 2.05) is 0 Å². The van der Waals surface area contributed by atoms with Crippen molar-refractivity contribution >= 4 is 27.9 Å². The average Bonchev–Trinajstić information content (AvgIpc) is 2.96. The summed E-state index contributed by atoms with van der Waals surface area (Å²) in [7, 11) is 0. The number of thiophene rings is 1. The normalized spacial score (nSPS) is 17.3. The molecule has 28 heavy (non-hydrogen) atoms. The number of nitrogen functional groups attached to an aromatic ring is 1. The largest absolute Gasteiger partial charge is 0.418 e. The van der Waals surface area contributed by atoms with E-state index in [0.717, 1.165) is 42.2 Å². The van der Waals surface area contributed by atoms with E-state index in [0.29, 0.717) is 16.5 Å². The molecule has 1 amide bonds. The van der Waals surface area contributed by atoms with Crippen LogP contribution in [0, 0.1) is 11.3 Å². The zero-order valence-electron chi connectivity index (χ0n) is 16.2. The van der Waals surface area contributed by atoms with Crippen molar-refractivity contribution in [2.45, 2.75) is 52.6 Å². The van der Waals surface area contributed by atoms with Crippen LogP contribution >= 0.6 is 11.3 Å². The number of benzene rings is 1. The van der Waals surface area contributed by atoms with Crippen LogP contribution in [0.4, 0.5) is 23.9 Å². The number of fused-ring (bicyclic) bond motifs is 1. The van der Waals surface area contributed by atoms with Crippen LogP contribution in [-0.2, 0) is 19.0 Å². The van der Waals surface area contributed by atoms with Crippen molar-refractivity contribution in [1.29, 1.82) is 0 Å². The molecule has 7 heteroatoms. The maximum Gasteiger partial charge on any atom is 0.418 e. The Morgan fingerprint density at radius 2 is 1.96 bits per heavy atom. The summed E-state index contributed by atoms with van der Waals surface area (Å²) in [6, 6.07) is 4.98. The molecular formula is C21H25F3N2OS. The van der Waals surface area contributed by atoms with E-state index in [9.17, 15) is 18.0 Å². The molecule has 0 fully saturated rings. The number of hydrogen-bond donors (Lipinski definition) is 2. The Morgan fingerprint density at radius 3 is 2.61 bits per heavy atom. The molecule has 3 N–H and O–H groups in total. The van der Waals surface area contributed by atoms with Crippen LogP contribution in [0.5, 0.6) is 0 Å². The summed E-state index contributed by atoms with van der Waals surface area (Å²) in [5, 5.41) is 2.81. The minimum Gasteiger partial charge on any atom is -0.390 e. The highest BCUT2D eigenvalue weighted by Crippen LogP contribution is 2.45. The smallest absolute Gasteiger partial charge is 0.390 e. The van der Waals surface area contributed by atoms with E-state index in [1.165, 1.54) is 29.5 Å². The van der Waals surface area contributed by atoms with Gasteiger partial charge in [-0.25, -0.2) is 0 Å². The number of alkyl halides is 3. The van der Waals surface area contributed by atoms with E-state index in [1.54, 1.807) is 0 Å². The minimum absolute atomic E-state index is 0.199. The maximum atomic E-state index is 13.2. The van der Waals surface area contributed by atoms with Gasteiger partial charge in [0.2, 0.25) is 0 Å². The molecule has 0 saturated heterocycles. The van der Waals surface area contributed by atoms with Crippen molar-refractivity contribution in [2.24, 2.45) is 11.3 Å². The Balaban J connectivity index is 1.88. The maximum absolute atomic E-state index is 13.2. The number of carbonyl (C=O) groups is 1. The first-order valence-electron chi connectivity index (χ1n) is 9.42. The number of para-hydroxylation sites is 1. The molecule has 1 aliphatic carbocycles. The van der Waals surface area contributed by atoms with Crippen molar-refractivity contribution in [3.05, 3.63) is 45.8 Å². The summed E-state index contributed by atoms with van der Waals surface area (Å²) in [5.41, 5.74) is 6.44. The van der Waals surface area contributed by atoms with Crippen molar-refractivity contribution in [3.8, 4) is 0 Å². The Hall–Kier alpha value is -2.02. The highest BCUT2D eigenvalue weighted by Gasteiger charge is 2.36. The van der Waals surface area contributed by atoms with Crippen molar-refractivity contribution in [2.75, 3.05) is 11.1 Å². The van der Waals surface area contributed by atoms with Gasteiger partial charge in [-0.3, -0.25) is 4.79 Å².